The lowest BCUT2D eigenvalue weighted by molar-refractivity contribution is 0.0791. The first-order valence-electron chi connectivity index (χ1n) is 5.10. The number of pyridine rings is 1. The molecular formula is C11H14ClNO2. The number of aromatic nitrogens is 1. The fourth-order valence-electron chi connectivity index (χ4n) is 1.59. The van der Waals surface area contributed by atoms with Crippen LogP contribution in [0.5, 0.6) is 0 Å². The Morgan fingerprint density at radius 2 is 2.53 bits per heavy atom. The second kappa shape index (κ2) is 5.45. The molecule has 0 amide bonds. The predicted octanol–water partition coefficient (Wildman–Crippen LogP) is 2.29. The van der Waals surface area contributed by atoms with Crippen molar-refractivity contribution in [3.05, 3.63) is 29.0 Å². The molecule has 2 heterocycles. The van der Waals surface area contributed by atoms with E-state index < -0.39 is 0 Å². The Labute approximate surface area is 94.4 Å². The van der Waals surface area contributed by atoms with Crippen molar-refractivity contribution in [2.45, 2.75) is 13.0 Å². The van der Waals surface area contributed by atoms with Crippen LogP contribution in [0.15, 0.2) is 18.3 Å². The molecule has 0 N–H and O–H groups in total. The molecule has 0 aliphatic carbocycles. The molecule has 0 radical (unpaired) electrons. The van der Waals surface area contributed by atoms with Gasteiger partial charge in [0.25, 0.3) is 0 Å². The van der Waals surface area contributed by atoms with Gasteiger partial charge in [0.2, 0.25) is 0 Å². The summed E-state index contributed by atoms with van der Waals surface area (Å²) in [6, 6.07) is 3.74. The summed E-state index contributed by atoms with van der Waals surface area (Å²) in [5.41, 5.74) is 1.06. The summed E-state index contributed by atoms with van der Waals surface area (Å²) in [4.78, 5) is 3.92. The number of hydrogen-bond acceptors (Lipinski definition) is 3. The van der Waals surface area contributed by atoms with Crippen molar-refractivity contribution in [2.24, 2.45) is 5.92 Å². The molecule has 1 aromatic heterocycles. The predicted molar refractivity (Wildman–Crippen MR) is 57.8 cm³/mol. The maximum Gasteiger partial charge on any atom is 0.129 e. The Morgan fingerprint density at radius 1 is 1.60 bits per heavy atom. The van der Waals surface area contributed by atoms with Gasteiger partial charge in [-0.05, 0) is 24.1 Å². The minimum atomic E-state index is 0.514. The third-order valence-corrected chi connectivity index (χ3v) is 2.64. The van der Waals surface area contributed by atoms with E-state index in [0.29, 0.717) is 17.7 Å². The van der Waals surface area contributed by atoms with E-state index in [1.165, 1.54) is 0 Å². The quantitative estimate of drug-likeness (QED) is 0.740. The molecule has 1 aliphatic rings. The topological polar surface area (TPSA) is 31.4 Å². The van der Waals surface area contributed by atoms with Crippen LogP contribution in [-0.2, 0) is 16.1 Å². The molecule has 0 saturated carbocycles. The summed E-state index contributed by atoms with van der Waals surface area (Å²) < 4.78 is 10.9. The van der Waals surface area contributed by atoms with Crippen molar-refractivity contribution in [3.63, 3.8) is 0 Å². The maximum absolute atomic E-state index is 5.76. The van der Waals surface area contributed by atoms with E-state index in [2.05, 4.69) is 4.98 Å². The average molecular weight is 228 g/mol. The number of hydrogen-bond donors (Lipinski definition) is 0. The number of ether oxygens (including phenoxy) is 2. The minimum Gasteiger partial charge on any atom is -0.381 e. The van der Waals surface area contributed by atoms with E-state index in [4.69, 9.17) is 21.1 Å². The Kier molecular flexibility index (Phi) is 3.94. The molecule has 1 saturated heterocycles. The van der Waals surface area contributed by atoms with E-state index in [1.54, 1.807) is 6.20 Å². The lowest BCUT2D eigenvalue weighted by atomic mass is 10.1. The first-order chi connectivity index (χ1) is 7.34. The van der Waals surface area contributed by atoms with Crippen LogP contribution < -0.4 is 0 Å². The summed E-state index contributed by atoms with van der Waals surface area (Å²) in [5.74, 6) is 0.558. The van der Waals surface area contributed by atoms with Crippen LogP contribution in [0.4, 0.5) is 0 Å². The monoisotopic (exact) mass is 227 g/mol. The van der Waals surface area contributed by atoms with Gasteiger partial charge in [-0.25, -0.2) is 4.98 Å². The Hall–Kier alpha value is -0.640. The fourth-order valence-corrected chi connectivity index (χ4v) is 1.79. The van der Waals surface area contributed by atoms with Gasteiger partial charge in [0.05, 0.1) is 19.8 Å². The first-order valence-corrected chi connectivity index (χ1v) is 5.48. The molecule has 1 unspecified atom stereocenters. The zero-order chi connectivity index (χ0) is 10.5. The number of halogens is 1. The molecule has 4 heteroatoms. The Bertz CT molecular complexity index is 313. The summed E-state index contributed by atoms with van der Waals surface area (Å²) >= 11 is 5.76. The number of rotatable bonds is 4. The highest BCUT2D eigenvalue weighted by Gasteiger charge is 2.15. The van der Waals surface area contributed by atoms with Gasteiger partial charge in [-0.1, -0.05) is 11.6 Å². The molecule has 1 aromatic rings. The Morgan fingerprint density at radius 3 is 3.27 bits per heavy atom. The molecule has 0 aromatic carbocycles. The lowest BCUT2D eigenvalue weighted by Gasteiger charge is -2.08. The van der Waals surface area contributed by atoms with Gasteiger partial charge in [-0.3, -0.25) is 0 Å². The van der Waals surface area contributed by atoms with Gasteiger partial charge < -0.3 is 9.47 Å². The highest BCUT2D eigenvalue weighted by Crippen LogP contribution is 2.14. The van der Waals surface area contributed by atoms with Gasteiger partial charge >= 0.3 is 0 Å². The standard InChI is InChI=1S/C11H14ClNO2/c12-11-5-9(1-3-13-11)6-15-8-10-2-4-14-7-10/h1,3,5,10H,2,4,6-8H2. The molecule has 82 valence electrons. The van der Waals surface area contributed by atoms with Gasteiger partial charge in [-0.15, -0.1) is 0 Å². The van der Waals surface area contributed by atoms with E-state index in [0.717, 1.165) is 31.8 Å². The zero-order valence-corrected chi connectivity index (χ0v) is 9.24. The van der Waals surface area contributed by atoms with Crippen LogP contribution in [0.3, 0.4) is 0 Å². The summed E-state index contributed by atoms with van der Waals surface area (Å²) in [7, 11) is 0. The molecule has 3 nitrogen and oxygen atoms in total. The smallest absolute Gasteiger partial charge is 0.129 e. The molecule has 0 bridgehead atoms. The van der Waals surface area contributed by atoms with Crippen molar-refractivity contribution < 1.29 is 9.47 Å². The second-order valence-electron chi connectivity index (χ2n) is 3.73. The van der Waals surface area contributed by atoms with Gasteiger partial charge in [-0.2, -0.15) is 0 Å². The maximum atomic E-state index is 5.76. The minimum absolute atomic E-state index is 0.514. The average Bonchev–Trinajstić information content (AvgIpc) is 2.71. The molecule has 0 spiro atoms. The van der Waals surface area contributed by atoms with Crippen LogP contribution in [0, 0.1) is 5.92 Å². The van der Waals surface area contributed by atoms with Crippen molar-refractivity contribution in [1.29, 1.82) is 0 Å². The van der Waals surface area contributed by atoms with Crippen molar-refractivity contribution in [3.8, 4) is 0 Å². The van der Waals surface area contributed by atoms with Crippen LogP contribution in [0.1, 0.15) is 12.0 Å². The van der Waals surface area contributed by atoms with Crippen LogP contribution in [0.25, 0.3) is 0 Å². The van der Waals surface area contributed by atoms with Crippen LogP contribution >= 0.6 is 11.6 Å². The molecular weight excluding hydrogens is 214 g/mol. The first kappa shape index (κ1) is 10.9. The highest BCUT2D eigenvalue weighted by atomic mass is 35.5. The van der Waals surface area contributed by atoms with Crippen LogP contribution in [0.2, 0.25) is 5.15 Å². The van der Waals surface area contributed by atoms with Crippen LogP contribution in [-0.4, -0.2) is 24.8 Å². The summed E-state index contributed by atoms with van der Waals surface area (Å²) in [6.07, 6.45) is 2.80. The van der Waals surface area contributed by atoms with E-state index >= 15 is 0 Å². The van der Waals surface area contributed by atoms with Gasteiger partial charge in [0.1, 0.15) is 5.15 Å². The second-order valence-corrected chi connectivity index (χ2v) is 4.12. The zero-order valence-electron chi connectivity index (χ0n) is 8.49. The third-order valence-electron chi connectivity index (χ3n) is 2.44. The molecule has 1 aliphatic heterocycles. The van der Waals surface area contributed by atoms with E-state index in [1.807, 2.05) is 12.1 Å². The SMILES string of the molecule is Clc1cc(COCC2CCOC2)ccn1. The van der Waals surface area contributed by atoms with Crippen molar-refractivity contribution in [1.82, 2.24) is 4.98 Å². The third kappa shape index (κ3) is 3.45. The van der Waals surface area contributed by atoms with E-state index in [9.17, 15) is 0 Å². The summed E-state index contributed by atoms with van der Waals surface area (Å²) in [6.45, 7) is 3.06. The highest BCUT2D eigenvalue weighted by molar-refractivity contribution is 6.29. The normalized spacial score (nSPS) is 20.7. The van der Waals surface area contributed by atoms with Crippen molar-refractivity contribution in [2.75, 3.05) is 19.8 Å². The fraction of sp³-hybridized carbons (Fsp3) is 0.545. The van der Waals surface area contributed by atoms with Crippen molar-refractivity contribution >= 4 is 11.6 Å². The number of nitrogens with zero attached hydrogens (tertiary/aromatic N) is 1. The van der Waals surface area contributed by atoms with Gasteiger partial charge in [0.15, 0.2) is 0 Å². The van der Waals surface area contributed by atoms with E-state index in [-0.39, 0.29) is 0 Å². The molecule has 1 fully saturated rings. The lowest BCUT2D eigenvalue weighted by Crippen LogP contribution is -2.09. The van der Waals surface area contributed by atoms with Gasteiger partial charge in [0, 0.05) is 18.7 Å². The molecule has 1 atom stereocenters. The summed E-state index contributed by atoms with van der Waals surface area (Å²) in [5, 5.41) is 0.514. The largest absolute Gasteiger partial charge is 0.381 e. The Balaban J connectivity index is 1.73. The molecule has 2 rings (SSSR count). The molecule has 15 heavy (non-hydrogen) atoms.